The van der Waals surface area contributed by atoms with Crippen molar-refractivity contribution in [2.45, 2.75) is 31.0 Å². The third kappa shape index (κ3) is 2.33. The lowest BCUT2D eigenvalue weighted by atomic mass is 10.1. The largest absolute Gasteiger partial charge is 0.453 e. The Morgan fingerprint density at radius 1 is 1.26 bits per heavy atom. The van der Waals surface area contributed by atoms with Gasteiger partial charge >= 0.3 is 6.01 Å². The zero-order valence-corrected chi connectivity index (χ0v) is 12.2. The maximum absolute atomic E-state index is 12.2. The molecule has 1 saturated heterocycles. The van der Waals surface area contributed by atoms with Crippen LogP contribution in [0.3, 0.4) is 0 Å². The standard InChI is InChI=1S/C16H16N2O5/c19-8-11-12(20)13-15(22-11)18-7-10(14(21)17-16(18)23-13)6-9-4-2-1-3-5-9/h1-5,7,11-13,15,19-20H,6,8H2/t11?,12-,13+,15+/m0/s1. The third-order valence-electron chi connectivity index (χ3n) is 4.23. The topological polar surface area (TPSA) is 93.8 Å². The Morgan fingerprint density at radius 2 is 2.04 bits per heavy atom. The molecule has 1 fully saturated rings. The van der Waals surface area contributed by atoms with E-state index in [1.807, 2.05) is 30.3 Å². The summed E-state index contributed by atoms with van der Waals surface area (Å²) in [5.74, 6) is 0. The molecule has 120 valence electrons. The van der Waals surface area contributed by atoms with Gasteiger partial charge in [0.2, 0.25) is 0 Å². The monoisotopic (exact) mass is 316 g/mol. The summed E-state index contributed by atoms with van der Waals surface area (Å²) < 4.78 is 12.8. The number of aliphatic hydroxyl groups excluding tert-OH is 2. The zero-order chi connectivity index (χ0) is 16.0. The highest BCUT2D eigenvalue weighted by Gasteiger charge is 2.51. The van der Waals surface area contributed by atoms with E-state index in [1.165, 1.54) is 0 Å². The van der Waals surface area contributed by atoms with Crippen LogP contribution in [0.4, 0.5) is 0 Å². The molecule has 0 amide bonds. The van der Waals surface area contributed by atoms with Gasteiger partial charge in [-0.15, -0.1) is 0 Å². The van der Waals surface area contributed by atoms with E-state index in [-0.39, 0.29) is 18.2 Å². The molecular weight excluding hydrogens is 300 g/mol. The third-order valence-corrected chi connectivity index (χ3v) is 4.23. The van der Waals surface area contributed by atoms with Crippen molar-refractivity contribution in [2.24, 2.45) is 0 Å². The van der Waals surface area contributed by atoms with Crippen molar-refractivity contribution >= 4 is 0 Å². The second-order valence-electron chi connectivity index (χ2n) is 5.74. The minimum Gasteiger partial charge on any atom is -0.453 e. The van der Waals surface area contributed by atoms with Gasteiger partial charge in [0.15, 0.2) is 12.3 Å². The Balaban J connectivity index is 1.68. The highest BCUT2D eigenvalue weighted by molar-refractivity contribution is 5.25. The van der Waals surface area contributed by atoms with Crippen LogP contribution in [0, 0.1) is 0 Å². The molecule has 0 spiro atoms. The van der Waals surface area contributed by atoms with Gasteiger partial charge in [-0.1, -0.05) is 30.3 Å². The molecule has 7 heteroatoms. The Kier molecular flexibility index (Phi) is 3.41. The second-order valence-corrected chi connectivity index (χ2v) is 5.74. The number of rotatable bonds is 3. The van der Waals surface area contributed by atoms with Gasteiger partial charge in [0, 0.05) is 18.2 Å². The minimum absolute atomic E-state index is 0.136. The molecule has 2 N–H and O–H groups in total. The highest BCUT2D eigenvalue weighted by Crippen LogP contribution is 2.38. The number of benzene rings is 1. The Labute approximate surface area is 131 Å². The fourth-order valence-corrected chi connectivity index (χ4v) is 3.04. The average molecular weight is 316 g/mol. The fourth-order valence-electron chi connectivity index (χ4n) is 3.04. The molecular formula is C16H16N2O5. The lowest BCUT2D eigenvalue weighted by molar-refractivity contribution is -0.0435. The second kappa shape index (κ2) is 5.45. The van der Waals surface area contributed by atoms with Crippen LogP contribution in [0.15, 0.2) is 41.3 Å². The van der Waals surface area contributed by atoms with Crippen LogP contribution in [0.2, 0.25) is 0 Å². The number of hydrogen-bond donors (Lipinski definition) is 2. The predicted octanol–water partition coefficient (Wildman–Crippen LogP) is -0.154. The van der Waals surface area contributed by atoms with Crippen molar-refractivity contribution in [3.63, 3.8) is 0 Å². The number of ether oxygens (including phenoxy) is 2. The lowest BCUT2D eigenvalue weighted by Gasteiger charge is -2.14. The summed E-state index contributed by atoms with van der Waals surface area (Å²) in [5, 5.41) is 19.3. The summed E-state index contributed by atoms with van der Waals surface area (Å²) >= 11 is 0. The Hall–Kier alpha value is -2.22. The number of aliphatic hydroxyl groups is 2. The molecule has 3 heterocycles. The number of fused-ring (bicyclic) bond motifs is 3. The summed E-state index contributed by atoms with van der Waals surface area (Å²) in [6.07, 6.45) is -0.786. The summed E-state index contributed by atoms with van der Waals surface area (Å²) in [7, 11) is 0. The van der Waals surface area contributed by atoms with Crippen LogP contribution < -0.4 is 10.3 Å². The smallest absolute Gasteiger partial charge is 0.302 e. The van der Waals surface area contributed by atoms with Crippen LogP contribution in [-0.4, -0.2) is 44.7 Å². The fraction of sp³-hybridized carbons (Fsp3) is 0.375. The van der Waals surface area contributed by atoms with E-state index in [0.717, 1.165) is 5.56 Å². The molecule has 7 nitrogen and oxygen atoms in total. The molecule has 0 saturated carbocycles. The summed E-state index contributed by atoms with van der Waals surface area (Å²) in [6.45, 7) is -0.294. The summed E-state index contributed by atoms with van der Waals surface area (Å²) in [6, 6.07) is 9.75. The van der Waals surface area contributed by atoms with Crippen molar-refractivity contribution in [3.05, 3.63) is 58.0 Å². The van der Waals surface area contributed by atoms with E-state index >= 15 is 0 Å². The normalized spacial score (nSPS) is 28.3. The van der Waals surface area contributed by atoms with Crippen molar-refractivity contribution in [1.82, 2.24) is 9.55 Å². The highest BCUT2D eigenvalue weighted by atomic mass is 16.6. The molecule has 1 aromatic carbocycles. The molecule has 4 atom stereocenters. The Morgan fingerprint density at radius 3 is 2.78 bits per heavy atom. The molecule has 23 heavy (non-hydrogen) atoms. The van der Waals surface area contributed by atoms with E-state index in [4.69, 9.17) is 9.47 Å². The van der Waals surface area contributed by atoms with Gasteiger partial charge in [-0.2, -0.15) is 4.98 Å². The molecule has 1 unspecified atom stereocenters. The van der Waals surface area contributed by atoms with Crippen LogP contribution in [0.5, 0.6) is 6.01 Å². The van der Waals surface area contributed by atoms with E-state index in [9.17, 15) is 15.0 Å². The quantitative estimate of drug-likeness (QED) is 0.818. The molecule has 2 aliphatic heterocycles. The molecule has 2 aliphatic rings. The van der Waals surface area contributed by atoms with Gasteiger partial charge in [0.1, 0.15) is 12.2 Å². The maximum Gasteiger partial charge on any atom is 0.302 e. The van der Waals surface area contributed by atoms with Crippen LogP contribution >= 0.6 is 0 Å². The molecule has 0 aliphatic carbocycles. The number of aromatic nitrogens is 2. The van der Waals surface area contributed by atoms with Crippen molar-refractivity contribution < 1.29 is 19.7 Å². The van der Waals surface area contributed by atoms with Crippen molar-refractivity contribution in [1.29, 1.82) is 0 Å². The first-order valence-electron chi connectivity index (χ1n) is 7.44. The lowest BCUT2D eigenvalue weighted by Crippen LogP contribution is -2.34. The first-order chi connectivity index (χ1) is 11.2. The Bertz CT molecular complexity index is 776. The van der Waals surface area contributed by atoms with Gasteiger partial charge in [-0.3, -0.25) is 9.36 Å². The van der Waals surface area contributed by atoms with E-state index in [0.29, 0.717) is 12.0 Å². The van der Waals surface area contributed by atoms with E-state index in [1.54, 1.807) is 10.8 Å². The number of hydrogen-bond acceptors (Lipinski definition) is 6. The first kappa shape index (κ1) is 14.4. The van der Waals surface area contributed by atoms with Gasteiger partial charge in [-0.25, -0.2) is 0 Å². The van der Waals surface area contributed by atoms with Crippen molar-refractivity contribution in [3.8, 4) is 6.01 Å². The molecule has 0 bridgehead atoms. The van der Waals surface area contributed by atoms with Crippen molar-refractivity contribution in [2.75, 3.05) is 6.61 Å². The molecule has 0 radical (unpaired) electrons. The van der Waals surface area contributed by atoms with Crippen LogP contribution in [0.1, 0.15) is 17.4 Å². The van der Waals surface area contributed by atoms with Gasteiger partial charge in [-0.05, 0) is 5.56 Å². The average Bonchev–Trinajstić information content (AvgIpc) is 3.05. The summed E-state index contributed by atoms with van der Waals surface area (Å²) in [4.78, 5) is 16.1. The molecule has 2 aromatic rings. The van der Waals surface area contributed by atoms with Gasteiger partial charge < -0.3 is 19.7 Å². The van der Waals surface area contributed by atoms with Crippen LogP contribution in [0.25, 0.3) is 0 Å². The predicted molar refractivity (Wildman–Crippen MR) is 79.2 cm³/mol. The summed E-state index contributed by atoms with van der Waals surface area (Å²) in [5.41, 5.74) is 1.17. The van der Waals surface area contributed by atoms with Gasteiger partial charge in [0.25, 0.3) is 5.56 Å². The van der Waals surface area contributed by atoms with E-state index < -0.39 is 24.5 Å². The first-order valence-corrected chi connectivity index (χ1v) is 7.44. The maximum atomic E-state index is 12.2. The van der Waals surface area contributed by atoms with Gasteiger partial charge in [0.05, 0.1) is 6.61 Å². The number of nitrogens with zero attached hydrogens (tertiary/aromatic N) is 2. The molecule has 4 rings (SSSR count). The van der Waals surface area contributed by atoms with E-state index in [2.05, 4.69) is 4.98 Å². The SMILES string of the molecule is O=c1nc2n(cc1Cc1ccccc1)[C@@H]1OC(CO)[C@H](O)[C@H]1O2. The zero-order valence-electron chi connectivity index (χ0n) is 12.2. The molecule has 1 aromatic heterocycles. The van der Waals surface area contributed by atoms with Crippen LogP contribution in [-0.2, 0) is 11.2 Å². The minimum atomic E-state index is -0.959.